The summed E-state index contributed by atoms with van der Waals surface area (Å²) in [6.45, 7) is 4.38. The van der Waals surface area contributed by atoms with Crippen molar-refractivity contribution in [3.8, 4) is 11.5 Å². The van der Waals surface area contributed by atoms with Crippen LogP contribution in [0.2, 0.25) is 0 Å². The summed E-state index contributed by atoms with van der Waals surface area (Å²) in [5.41, 5.74) is 11.9. The zero-order valence-electron chi connectivity index (χ0n) is 32.0. The van der Waals surface area contributed by atoms with Gasteiger partial charge in [-0.05, 0) is 61.8 Å². The van der Waals surface area contributed by atoms with Crippen LogP contribution in [-0.4, -0.2) is 33.8 Å². The molecule has 0 saturated heterocycles. The number of unbranched alkanes of at least 4 members (excludes halogenated alkanes) is 17. The number of hydrogen-bond acceptors (Lipinski definition) is 6. The topological polar surface area (TPSA) is 157 Å². The molecule has 2 aromatic carbocycles. The Hall–Kier alpha value is -4.08. The minimum absolute atomic E-state index is 0.0834. The highest BCUT2D eigenvalue weighted by Crippen LogP contribution is 2.24. The van der Waals surface area contributed by atoms with Crippen molar-refractivity contribution >= 4 is 23.6 Å². The Morgan fingerprint density at radius 3 is 1.13 bits per heavy atom. The number of phenols is 2. The predicted octanol–water partition coefficient (Wildman–Crippen LogP) is 9.03. The van der Waals surface area contributed by atoms with E-state index in [1.54, 1.807) is 12.1 Å². The van der Waals surface area contributed by atoms with Crippen molar-refractivity contribution < 1.29 is 29.4 Å². The maximum Gasteiger partial charge on any atom is 0.273 e. The van der Waals surface area contributed by atoms with Crippen LogP contribution in [-0.2, 0) is 22.4 Å². The lowest BCUT2D eigenvalue weighted by Crippen LogP contribution is -2.41. The number of nitrogens with one attached hydrogen (secondary N) is 4. The lowest BCUT2D eigenvalue weighted by Gasteiger charge is -2.13. The van der Waals surface area contributed by atoms with Crippen LogP contribution in [0, 0.1) is 0 Å². The SMILES string of the molecule is CCCCCCCCc1cccc(O)c1C(=O)NNC(=O)CCCCCCCCCCC(=O)NNC(=O)c1c(O)cccc1CCCCCCCC. The lowest BCUT2D eigenvalue weighted by molar-refractivity contribution is -0.122. The summed E-state index contributed by atoms with van der Waals surface area (Å²) in [6, 6.07) is 10.2. The van der Waals surface area contributed by atoms with E-state index in [4.69, 9.17) is 0 Å². The summed E-state index contributed by atoms with van der Waals surface area (Å²) in [5.74, 6) is -1.70. The number of carbonyl (C=O) groups excluding carboxylic acids is 4. The van der Waals surface area contributed by atoms with Gasteiger partial charge in [0.15, 0.2) is 0 Å². The molecule has 52 heavy (non-hydrogen) atoms. The third kappa shape index (κ3) is 18.4. The first-order valence-electron chi connectivity index (χ1n) is 20.1. The molecule has 6 N–H and O–H groups in total. The molecule has 0 aliphatic heterocycles. The number of benzene rings is 2. The molecular formula is C42H66N4O6. The van der Waals surface area contributed by atoms with E-state index in [2.05, 4.69) is 35.6 Å². The number of carbonyl (C=O) groups is 4. The summed E-state index contributed by atoms with van der Waals surface area (Å²) in [5, 5.41) is 20.7. The van der Waals surface area contributed by atoms with Gasteiger partial charge in [-0.3, -0.25) is 40.9 Å². The first kappa shape index (κ1) is 44.1. The number of aromatic hydroxyl groups is 2. The van der Waals surface area contributed by atoms with Crippen LogP contribution in [0.5, 0.6) is 11.5 Å². The average Bonchev–Trinajstić information content (AvgIpc) is 3.13. The predicted molar refractivity (Wildman–Crippen MR) is 208 cm³/mol. The van der Waals surface area contributed by atoms with Gasteiger partial charge < -0.3 is 10.2 Å². The molecule has 0 aliphatic carbocycles. The van der Waals surface area contributed by atoms with Crippen molar-refractivity contribution in [3.63, 3.8) is 0 Å². The fourth-order valence-corrected chi connectivity index (χ4v) is 6.44. The van der Waals surface area contributed by atoms with Crippen molar-refractivity contribution in [3.05, 3.63) is 58.7 Å². The van der Waals surface area contributed by atoms with E-state index in [0.29, 0.717) is 25.7 Å². The largest absolute Gasteiger partial charge is 0.507 e. The van der Waals surface area contributed by atoms with Gasteiger partial charge in [-0.15, -0.1) is 0 Å². The number of rotatable bonds is 27. The van der Waals surface area contributed by atoms with Gasteiger partial charge in [0.05, 0.1) is 11.1 Å². The van der Waals surface area contributed by atoms with Crippen molar-refractivity contribution in [2.24, 2.45) is 0 Å². The Kier molecular flexibility index (Phi) is 23.4. The molecule has 0 unspecified atom stereocenters. The number of phenolic OH excluding ortho intramolecular Hbond substituents is 2. The smallest absolute Gasteiger partial charge is 0.273 e. The lowest BCUT2D eigenvalue weighted by atomic mass is 9.99. The molecule has 2 aromatic rings. The molecule has 10 heteroatoms. The highest BCUT2D eigenvalue weighted by Gasteiger charge is 2.18. The van der Waals surface area contributed by atoms with Crippen LogP contribution in [0.15, 0.2) is 36.4 Å². The Morgan fingerprint density at radius 2 is 0.769 bits per heavy atom. The third-order valence-electron chi connectivity index (χ3n) is 9.50. The Balaban J connectivity index is 1.53. The average molecular weight is 723 g/mol. The second-order valence-corrected chi connectivity index (χ2v) is 14.0. The van der Waals surface area contributed by atoms with Gasteiger partial charge in [0, 0.05) is 12.8 Å². The minimum Gasteiger partial charge on any atom is -0.507 e. The van der Waals surface area contributed by atoms with Crippen molar-refractivity contribution in [2.45, 2.75) is 168 Å². The van der Waals surface area contributed by atoms with Gasteiger partial charge in [0.1, 0.15) is 11.5 Å². The summed E-state index contributed by atoms with van der Waals surface area (Å²) in [6.07, 6.45) is 23.0. The normalized spacial score (nSPS) is 10.9. The van der Waals surface area contributed by atoms with Gasteiger partial charge in [0.2, 0.25) is 11.8 Å². The molecule has 10 nitrogen and oxygen atoms in total. The number of amides is 4. The molecule has 0 aliphatic rings. The van der Waals surface area contributed by atoms with Crippen molar-refractivity contribution in [1.82, 2.24) is 21.7 Å². The highest BCUT2D eigenvalue weighted by molar-refractivity contribution is 5.99. The second kappa shape index (κ2) is 27.6. The number of hydrogen-bond donors (Lipinski definition) is 6. The molecule has 0 saturated carbocycles. The summed E-state index contributed by atoms with van der Waals surface area (Å²) < 4.78 is 0. The first-order valence-corrected chi connectivity index (χ1v) is 20.1. The Labute approximate surface area is 312 Å². The van der Waals surface area contributed by atoms with Crippen LogP contribution in [0.25, 0.3) is 0 Å². The fraction of sp³-hybridized carbons (Fsp3) is 0.619. The molecule has 0 atom stereocenters. The van der Waals surface area contributed by atoms with E-state index in [-0.39, 0.29) is 34.4 Å². The van der Waals surface area contributed by atoms with Gasteiger partial charge >= 0.3 is 0 Å². The van der Waals surface area contributed by atoms with Crippen LogP contribution >= 0.6 is 0 Å². The number of aryl methyl sites for hydroxylation is 2. The van der Waals surface area contributed by atoms with Gasteiger partial charge in [-0.2, -0.15) is 0 Å². The van der Waals surface area contributed by atoms with E-state index < -0.39 is 11.8 Å². The van der Waals surface area contributed by atoms with E-state index in [0.717, 1.165) is 101 Å². The second-order valence-electron chi connectivity index (χ2n) is 14.0. The van der Waals surface area contributed by atoms with E-state index in [9.17, 15) is 29.4 Å². The van der Waals surface area contributed by atoms with Crippen LogP contribution < -0.4 is 21.7 Å². The molecule has 0 bridgehead atoms. The van der Waals surface area contributed by atoms with Gasteiger partial charge in [-0.1, -0.05) is 141 Å². The van der Waals surface area contributed by atoms with Gasteiger partial charge in [0.25, 0.3) is 11.8 Å². The van der Waals surface area contributed by atoms with Crippen LogP contribution in [0.4, 0.5) is 0 Å². The van der Waals surface area contributed by atoms with Crippen LogP contribution in [0.3, 0.4) is 0 Å². The standard InChI is InChI=1S/C42H66N4O6/c1-3-5-7-9-15-19-25-33-27-23-29-35(47)39(33)41(51)45-43-37(49)31-21-17-13-11-12-14-18-22-32-38(50)44-46-42(52)40-34(28-24-30-36(40)48)26-20-16-10-8-6-4-2/h23-24,27-30,47-48H,3-22,25-26,31-32H2,1-2H3,(H,43,49)(H,44,50)(H,45,51)(H,46,52). The molecule has 0 spiro atoms. The third-order valence-corrected chi connectivity index (χ3v) is 9.50. The molecule has 290 valence electrons. The maximum atomic E-state index is 12.8. The molecule has 0 fully saturated rings. The summed E-state index contributed by atoms with van der Waals surface area (Å²) in [4.78, 5) is 50.2. The molecular weight excluding hydrogens is 656 g/mol. The zero-order valence-corrected chi connectivity index (χ0v) is 32.0. The van der Waals surface area contributed by atoms with E-state index >= 15 is 0 Å². The molecule has 0 radical (unpaired) electrons. The van der Waals surface area contributed by atoms with Crippen LogP contribution in [0.1, 0.15) is 187 Å². The van der Waals surface area contributed by atoms with Crippen molar-refractivity contribution in [2.75, 3.05) is 0 Å². The summed E-state index contributed by atoms with van der Waals surface area (Å²) in [7, 11) is 0. The van der Waals surface area contributed by atoms with E-state index in [1.807, 2.05) is 12.1 Å². The summed E-state index contributed by atoms with van der Waals surface area (Å²) >= 11 is 0. The van der Waals surface area contributed by atoms with Crippen molar-refractivity contribution in [1.29, 1.82) is 0 Å². The fourth-order valence-electron chi connectivity index (χ4n) is 6.44. The Bertz CT molecular complexity index is 1250. The minimum atomic E-state index is -0.505. The molecule has 0 heterocycles. The number of hydrazine groups is 2. The quantitative estimate of drug-likeness (QED) is 0.0399. The molecule has 4 amide bonds. The molecule has 0 aromatic heterocycles. The van der Waals surface area contributed by atoms with E-state index in [1.165, 1.54) is 50.7 Å². The molecule has 2 rings (SSSR count). The maximum absolute atomic E-state index is 12.8. The monoisotopic (exact) mass is 722 g/mol. The zero-order chi connectivity index (χ0) is 37.8. The first-order chi connectivity index (χ1) is 25.3. The van der Waals surface area contributed by atoms with Gasteiger partial charge in [-0.25, -0.2) is 0 Å². The Morgan fingerprint density at radius 1 is 0.442 bits per heavy atom. The highest BCUT2D eigenvalue weighted by atomic mass is 16.3.